The van der Waals surface area contributed by atoms with E-state index >= 15 is 0 Å². The maximum absolute atomic E-state index is 12.3. The molecule has 0 saturated carbocycles. The minimum Gasteiger partial charge on any atom is -0.394 e. The number of carbonyl (C=O) groups is 1. The van der Waals surface area contributed by atoms with Gasteiger partial charge in [0.05, 0.1) is 18.2 Å². The number of hydrogen-bond donors (Lipinski definition) is 2. The Morgan fingerprint density at radius 1 is 1.35 bits per heavy atom. The van der Waals surface area contributed by atoms with E-state index in [9.17, 15) is 18.0 Å². The van der Waals surface area contributed by atoms with Crippen molar-refractivity contribution in [3.8, 4) is 0 Å². The molecule has 0 fully saturated rings. The highest BCUT2D eigenvalue weighted by Crippen LogP contribution is 2.29. The van der Waals surface area contributed by atoms with Gasteiger partial charge in [0.2, 0.25) is 5.91 Å². The monoisotopic (exact) mass is 247 g/mol. The molecule has 0 saturated heterocycles. The van der Waals surface area contributed by atoms with Crippen molar-refractivity contribution in [3.05, 3.63) is 35.4 Å². The zero-order chi connectivity index (χ0) is 13.1. The predicted molar refractivity (Wildman–Crippen MR) is 55.1 cm³/mol. The maximum Gasteiger partial charge on any atom is 0.416 e. The molecular weight excluding hydrogens is 235 g/mol. The molecule has 0 heterocycles. The normalized spacial score (nSPS) is 13.2. The van der Waals surface area contributed by atoms with Gasteiger partial charge in [0, 0.05) is 6.92 Å². The first-order valence-corrected chi connectivity index (χ1v) is 4.89. The van der Waals surface area contributed by atoms with Crippen molar-refractivity contribution in [2.24, 2.45) is 0 Å². The van der Waals surface area contributed by atoms with Crippen molar-refractivity contribution in [1.29, 1.82) is 0 Å². The van der Waals surface area contributed by atoms with Gasteiger partial charge in [-0.1, -0.05) is 12.1 Å². The van der Waals surface area contributed by atoms with E-state index in [1.165, 1.54) is 19.1 Å². The first-order chi connectivity index (χ1) is 7.84. The number of halogens is 3. The Morgan fingerprint density at radius 2 is 1.88 bits per heavy atom. The number of nitrogens with one attached hydrogen (secondary N) is 1. The quantitative estimate of drug-likeness (QED) is 0.856. The zero-order valence-corrected chi connectivity index (χ0v) is 9.08. The molecule has 1 aromatic carbocycles. The average Bonchev–Trinajstić information content (AvgIpc) is 2.24. The SMILES string of the molecule is CC(=O)NC(CO)c1ccc(C(F)(F)F)cc1. The summed E-state index contributed by atoms with van der Waals surface area (Å²) in [6.07, 6.45) is -4.39. The topological polar surface area (TPSA) is 49.3 Å². The van der Waals surface area contributed by atoms with Crippen LogP contribution in [0.2, 0.25) is 0 Å². The molecule has 1 amide bonds. The molecule has 94 valence electrons. The second-order valence-electron chi connectivity index (χ2n) is 3.56. The third kappa shape index (κ3) is 3.74. The molecule has 1 aromatic rings. The summed E-state index contributed by atoms with van der Waals surface area (Å²) in [7, 11) is 0. The number of carbonyl (C=O) groups excluding carboxylic acids is 1. The molecule has 3 nitrogen and oxygen atoms in total. The Labute approximate surface area is 96.3 Å². The first kappa shape index (κ1) is 13.5. The maximum atomic E-state index is 12.3. The Bertz CT molecular complexity index is 387. The number of alkyl halides is 3. The van der Waals surface area contributed by atoms with Crippen molar-refractivity contribution in [2.75, 3.05) is 6.61 Å². The van der Waals surface area contributed by atoms with E-state index < -0.39 is 17.8 Å². The third-order valence-electron chi connectivity index (χ3n) is 2.20. The molecule has 0 spiro atoms. The van der Waals surface area contributed by atoms with E-state index in [1.54, 1.807) is 0 Å². The lowest BCUT2D eigenvalue weighted by atomic mass is 10.1. The van der Waals surface area contributed by atoms with Crippen molar-refractivity contribution in [3.63, 3.8) is 0 Å². The minimum absolute atomic E-state index is 0.357. The van der Waals surface area contributed by atoms with Gasteiger partial charge in [0.1, 0.15) is 0 Å². The highest BCUT2D eigenvalue weighted by molar-refractivity contribution is 5.73. The van der Waals surface area contributed by atoms with Gasteiger partial charge < -0.3 is 10.4 Å². The Hall–Kier alpha value is -1.56. The zero-order valence-electron chi connectivity index (χ0n) is 9.08. The fourth-order valence-corrected chi connectivity index (χ4v) is 1.38. The van der Waals surface area contributed by atoms with Gasteiger partial charge in [-0.25, -0.2) is 0 Å². The second-order valence-corrected chi connectivity index (χ2v) is 3.56. The first-order valence-electron chi connectivity index (χ1n) is 4.89. The van der Waals surface area contributed by atoms with Crippen molar-refractivity contribution >= 4 is 5.91 Å². The molecule has 0 aliphatic heterocycles. The molecule has 0 aliphatic rings. The molecule has 1 unspecified atom stereocenters. The van der Waals surface area contributed by atoms with Crippen LogP contribution in [0.15, 0.2) is 24.3 Å². The van der Waals surface area contributed by atoms with Crippen LogP contribution in [0.3, 0.4) is 0 Å². The smallest absolute Gasteiger partial charge is 0.394 e. The molecule has 2 N–H and O–H groups in total. The lowest BCUT2D eigenvalue weighted by molar-refractivity contribution is -0.137. The van der Waals surface area contributed by atoms with Gasteiger partial charge in [-0.2, -0.15) is 13.2 Å². The van der Waals surface area contributed by atoms with Crippen LogP contribution in [0.25, 0.3) is 0 Å². The lowest BCUT2D eigenvalue weighted by Gasteiger charge is -2.16. The number of rotatable bonds is 3. The summed E-state index contributed by atoms with van der Waals surface area (Å²) in [6, 6.07) is 3.62. The predicted octanol–water partition coefficient (Wildman–Crippen LogP) is 1.87. The molecule has 17 heavy (non-hydrogen) atoms. The van der Waals surface area contributed by atoms with Gasteiger partial charge in [-0.3, -0.25) is 4.79 Å². The van der Waals surface area contributed by atoms with Crippen LogP contribution in [-0.2, 0) is 11.0 Å². The molecule has 0 bridgehead atoms. The molecule has 0 aromatic heterocycles. The van der Waals surface area contributed by atoms with E-state index in [-0.39, 0.29) is 12.5 Å². The fourth-order valence-electron chi connectivity index (χ4n) is 1.38. The summed E-state index contributed by atoms with van der Waals surface area (Å²) < 4.78 is 36.9. The average molecular weight is 247 g/mol. The number of benzene rings is 1. The van der Waals surface area contributed by atoms with E-state index in [0.29, 0.717) is 5.56 Å². The van der Waals surface area contributed by atoms with Crippen LogP contribution in [0.1, 0.15) is 24.1 Å². The molecule has 6 heteroatoms. The van der Waals surface area contributed by atoms with E-state index in [1.807, 2.05) is 0 Å². The fraction of sp³-hybridized carbons (Fsp3) is 0.364. The van der Waals surface area contributed by atoms with Gasteiger partial charge in [-0.05, 0) is 17.7 Å². The van der Waals surface area contributed by atoms with Crippen LogP contribution >= 0.6 is 0 Å². The lowest BCUT2D eigenvalue weighted by Crippen LogP contribution is -2.28. The molecular formula is C11H12F3NO2. The standard InChI is InChI=1S/C11H12F3NO2/c1-7(17)15-10(6-16)8-2-4-9(5-3-8)11(12,13)14/h2-5,10,16H,6H2,1H3,(H,15,17). The van der Waals surface area contributed by atoms with Gasteiger partial charge in [0.25, 0.3) is 0 Å². The van der Waals surface area contributed by atoms with Gasteiger partial charge in [-0.15, -0.1) is 0 Å². The summed E-state index contributed by atoms with van der Waals surface area (Å²) in [6.45, 7) is 0.900. The summed E-state index contributed by atoms with van der Waals surface area (Å²) in [5.74, 6) is -0.357. The Balaban J connectivity index is 2.89. The second kappa shape index (κ2) is 5.18. The van der Waals surface area contributed by atoms with E-state index in [0.717, 1.165) is 12.1 Å². The van der Waals surface area contributed by atoms with Crippen LogP contribution in [0.4, 0.5) is 13.2 Å². The third-order valence-corrected chi connectivity index (χ3v) is 2.20. The number of amides is 1. The van der Waals surface area contributed by atoms with Crippen molar-refractivity contribution in [1.82, 2.24) is 5.32 Å². The van der Waals surface area contributed by atoms with Crippen LogP contribution in [0.5, 0.6) is 0 Å². The number of aliphatic hydroxyl groups excluding tert-OH is 1. The summed E-state index contributed by atoms with van der Waals surface area (Å²) in [5.41, 5.74) is -0.337. The molecule has 0 radical (unpaired) electrons. The van der Waals surface area contributed by atoms with Gasteiger partial charge >= 0.3 is 6.18 Å². The Kier molecular flexibility index (Phi) is 4.11. The van der Waals surface area contributed by atoms with Gasteiger partial charge in [0.15, 0.2) is 0 Å². The summed E-state index contributed by atoms with van der Waals surface area (Å²) >= 11 is 0. The molecule has 1 rings (SSSR count). The number of hydrogen-bond acceptors (Lipinski definition) is 2. The summed E-state index contributed by atoms with van der Waals surface area (Å²) in [4.78, 5) is 10.8. The van der Waals surface area contributed by atoms with Crippen molar-refractivity contribution < 1.29 is 23.1 Å². The van der Waals surface area contributed by atoms with Crippen LogP contribution in [0, 0.1) is 0 Å². The summed E-state index contributed by atoms with van der Waals surface area (Å²) in [5, 5.41) is 11.5. The van der Waals surface area contributed by atoms with Crippen LogP contribution < -0.4 is 5.32 Å². The van der Waals surface area contributed by atoms with Crippen LogP contribution in [-0.4, -0.2) is 17.6 Å². The Morgan fingerprint density at radius 3 is 2.24 bits per heavy atom. The van der Waals surface area contributed by atoms with E-state index in [4.69, 9.17) is 5.11 Å². The van der Waals surface area contributed by atoms with Crippen molar-refractivity contribution in [2.45, 2.75) is 19.1 Å². The molecule has 0 aliphatic carbocycles. The highest BCUT2D eigenvalue weighted by atomic mass is 19.4. The highest BCUT2D eigenvalue weighted by Gasteiger charge is 2.30. The van der Waals surface area contributed by atoms with E-state index in [2.05, 4.69) is 5.32 Å². The minimum atomic E-state index is -4.39. The number of aliphatic hydroxyl groups is 1. The molecule has 1 atom stereocenters. The largest absolute Gasteiger partial charge is 0.416 e.